The number of hydrogen-bond acceptors (Lipinski definition) is 4. The Balaban J connectivity index is 1.56. The highest BCUT2D eigenvalue weighted by Gasteiger charge is 2.20. The summed E-state index contributed by atoms with van der Waals surface area (Å²) in [6.45, 7) is 2.33. The molecule has 2 aromatic rings. The number of fused-ring (bicyclic) bond motifs is 1. The number of carbonyl (C=O) groups excluding carboxylic acids is 3. The number of carbonyl (C=O) groups is 3. The average Bonchev–Trinajstić information content (AvgIpc) is 2.94. The van der Waals surface area contributed by atoms with Gasteiger partial charge in [-0.25, -0.2) is 0 Å². The first-order valence-corrected chi connectivity index (χ1v) is 9.92. The van der Waals surface area contributed by atoms with E-state index in [1.54, 1.807) is 18.9 Å². The van der Waals surface area contributed by atoms with E-state index in [2.05, 4.69) is 10.9 Å². The molecule has 1 aliphatic heterocycles. The Morgan fingerprint density at radius 3 is 2.62 bits per heavy atom. The summed E-state index contributed by atoms with van der Waals surface area (Å²) in [5.41, 5.74) is 5.74. The van der Waals surface area contributed by atoms with E-state index in [1.807, 2.05) is 36.4 Å². The van der Waals surface area contributed by atoms with Gasteiger partial charge in [0.1, 0.15) is 12.3 Å². The fraction of sp³-hybridized carbons (Fsp3) is 0.409. The lowest BCUT2D eigenvalue weighted by Gasteiger charge is -2.20. The predicted octanol–water partition coefficient (Wildman–Crippen LogP) is 2.50. The Morgan fingerprint density at radius 2 is 1.83 bits per heavy atom. The molecule has 0 aromatic heterocycles. The molecule has 2 aromatic carbocycles. The molecule has 0 aliphatic carbocycles. The van der Waals surface area contributed by atoms with E-state index in [1.165, 1.54) is 0 Å². The Bertz CT molecular complexity index is 912. The molecule has 1 atom stereocenters. The van der Waals surface area contributed by atoms with Crippen LogP contribution < -0.4 is 15.6 Å². The number of hydrazine groups is 1. The van der Waals surface area contributed by atoms with Crippen LogP contribution in [0, 0.1) is 0 Å². The molecule has 1 aliphatic rings. The number of nitrogens with one attached hydrogen (secondary N) is 2. The van der Waals surface area contributed by atoms with E-state index in [0.29, 0.717) is 13.0 Å². The van der Waals surface area contributed by atoms with E-state index < -0.39 is 11.8 Å². The van der Waals surface area contributed by atoms with E-state index in [4.69, 9.17) is 4.74 Å². The van der Waals surface area contributed by atoms with Crippen LogP contribution in [0.5, 0.6) is 5.75 Å². The Hall–Kier alpha value is -3.09. The van der Waals surface area contributed by atoms with Gasteiger partial charge in [0.2, 0.25) is 11.8 Å². The van der Waals surface area contributed by atoms with E-state index in [0.717, 1.165) is 41.3 Å². The maximum atomic E-state index is 12.5. The molecule has 0 radical (unpaired) electrons. The molecule has 0 bridgehead atoms. The molecule has 1 saturated heterocycles. The van der Waals surface area contributed by atoms with Crippen LogP contribution >= 0.6 is 0 Å². The third-order valence-electron chi connectivity index (χ3n) is 5.30. The lowest BCUT2D eigenvalue weighted by molar-refractivity contribution is -0.136. The summed E-state index contributed by atoms with van der Waals surface area (Å²) in [6.07, 6.45) is 3.24. The largest absolute Gasteiger partial charge is 0.497 e. The van der Waals surface area contributed by atoms with Crippen LogP contribution in [0.15, 0.2) is 36.4 Å². The molecule has 154 valence electrons. The molecule has 7 heteroatoms. The quantitative estimate of drug-likeness (QED) is 0.759. The van der Waals surface area contributed by atoms with Gasteiger partial charge in [-0.2, -0.15) is 0 Å². The van der Waals surface area contributed by atoms with Gasteiger partial charge in [0.05, 0.1) is 13.0 Å². The second-order valence-electron chi connectivity index (χ2n) is 7.36. The molecular weight excluding hydrogens is 370 g/mol. The van der Waals surface area contributed by atoms with Crippen LogP contribution in [0.1, 0.15) is 44.1 Å². The maximum absolute atomic E-state index is 12.5. The minimum Gasteiger partial charge on any atom is -0.497 e. The average molecular weight is 397 g/mol. The molecule has 7 nitrogen and oxygen atoms in total. The third-order valence-corrected chi connectivity index (χ3v) is 5.30. The van der Waals surface area contributed by atoms with Gasteiger partial charge in [0.25, 0.3) is 5.91 Å². The van der Waals surface area contributed by atoms with E-state index in [-0.39, 0.29) is 18.4 Å². The van der Waals surface area contributed by atoms with Crippen LogP contribution in [0.2, 0.25) is 0 Å². The molecule has 1 heterocycles. The smallest absolute Gasteiger partial charge is 0.257 e. The standard InChI is InChI=1S/C22H27N3O4/c1-15(16-7-8-18-13-19(29-2)10-9-17(18)12-16)22(28)24-23-20(26)14-25-11-5-3-4-6-21(25)27/h7-10,12-13,15H,3-6,11,14H2,1-2H3,(H,23,26)(H,24,28)/t15-/m0/s1. The van der Waals surface area contributed by atoms with Crippen LogP contribution in [-0.4, -0.2) is 42.8 Å². The first-order valence-electron chi connectivity index (χ1n) is 9.92. The maximum Gasteiger partial charge on any atom is 0.257 e. The van der Waals surface area contributed by atoms with Gasteiger partial charge in [-0.05, 0) is 48.2 Å². The van der Waals surface area contributed by atoms with Crippen LogP contribution in [0.4, 0.5) is 0 Å². The minimum atomic E-state index is -0.443. The molecule has 2 N–H and O–H groups in total. The number of methoxy groups -OCH3 is 1. The molecule has 29 heavy (non-hydrogen) atoms. The van der Waals surface area contributed by atoms with Gasteiger partial charge in [0.15, 0.2) is 0 Å². The van der Waals surface area contributed by atoms with Crippen molar-refractivity contribution in [3.63, 3.8) is 0 Å². The summed E-state index contributed by atoms with van der Waals surface area (Å²) in [6, 6.07) is 11.6. The molecule has 0 unspecified atom stereocenters. The molecule has 0 saturated carbocycles. The zero-order valence-electron chi connectivity index (χ0n) is 16.9. The number of amides is 3. The third kappa shape index (κ3) is 5.25. The molecule has 3 amide bonds. The van der Waals surface area contributed by atoms with Crippen molar-refractivity contribution in [1.29, 1.82) is 0 Å². The topological polar surface area (TPSA) is 87.7 Å². The number of likely N-dealkylation sites (tertiary alicyclic amines) is 1. The summed E-state index contributed by atoms with van der Waals surface area (Å²) in [5.74, 6) is -0.381. The van der Waals surface area contributed by atoms with E-state index in [9.17, 15) is 14.4 Å². The number of benzene rings is 2. The molecule has 3 rings (SSSR count). The number of rotatable bonds is 5. The monoisotopic (exact) mass is 397 g/mol. The van der Waals surface area contributed by atoms with Crippen molar-refractivity contribution >= 4 is 28.5 Å². The number of ether oxygens (including phenoxy) is 1. The number of hydrogen-bond donors (Lipinski definition) is 2. The van der Waals surface area contributed by atoms with Crippen LogP contribution in [-0.2, 0) is 14.4 Å². The van der Waals surface area contributed by atoms with Crippen molar-refractivity contribution in [3.05, 3.63) is 42.0 Å². The van der Waals surface area contributed by atoms with E-state index >= 15 is 0 Å². The Morgan fingerprint density at radius 1 is 1.07 bits per heavy atom. The van der Waals surface area contributed by atoms with Gasteiger partial charge in [-0.15, -0.1) is 0 Å². The highest BCUT2D eigenvalue weighted by atomic mass is 16.5. The first-order chi connectivity index (χ1) is 14.0. The summed E-state index contributed by atoms with van der Waals surface area (Å²) in [5, 5.41) is 2.03. The van der Waals surface area contributed by atoms with Gasteiger partial charge < -0.3 is 9.64 Å². The zero-order chi connectivity index (χ0) is 20.8. The number of nitrogens with zero attached hydrogens (tertiary/aromatic N) is 1. The molecule has 0 spiro atoms. The minimum absolute atomic E-state index is 0.00913. The molecular formula is C22H27N3O4. The molecule has 1 fully saturated rings. The van der Waals surface area contributed by atoms with Crippen molar-refractivity contribution < 1.29 is 19.1 Å². The van der Waals surface area contributed by atoms with Crippen molar-refractivity contribution in [2.24, 2.45) is 0 Å². The van der Waals surface area contributed by atoms with Crippen LogP contribution in [0.3, 0.4) is 0 Å². The Kier molecular flexibility index (Phi) is 6.69. The second kappa shape index (κ2) is 9.41. The summed E-state index contributed by atoms with van der Waals surface area (Å²) in [7, 11) is 1.62. The second-order valence-corrected chi connectivity index (χ2v) is 7.36. The highest BCUT2D eigenvalue weighted by Crippen LogP contribution is 2.25. The Labute approximate surface area is 170 Å². The van der Waals surface area contributed by atoms with Gasteiger partial charge in [0, 0.05) is 13.0 Å². The zero-order valence-corrected chi connectivity index (χ0v) is 16.9. The SMILES string of the molecule is COc1ccc2cc([C@H](C)C(=O)NNC(=O)CN3CCCCCC3=O)ccc2c1. The van der Waals surface area contributed by atoms with Crippen molar-refractivity contribution in [2.45, 2.75) is 38.5 Å². The highest BCUT2D eigenvalue weighted by molar-refractivity contribution is 5.90. The van der Waals surface area contributed by atoms with Gasteiger partial charge >= 0.3 is 0 Å². The first kappa shape index (κ1) is 20.6. The fourth-order valence-corrected chi connectivity index (χ4v) is 3.45. The van der Waals surface area contributed by atoms with Gasteiger partial charge in [-0.1, -0.05) is 30.7 Å². The van der Waals surface area contributed by atoms with Crippen molar-refractivity contribution in [3.8, 4) is 5.75 Å². The normalized spacial score (nSPS) is 15.5. The summed E-state index contributed by atoms with van der Waals surface area (Å²) in [4.78, 5) is 38.1. The predicted molar refractivity (Wildman–Crippen MR) is 110 cm³/mol. The summed E-state index contributed by atoms with van der Waals surface area (Å²) < 4.78 is 5.23. The van der Waals surface area contributed by atoms with Crippen LogP contribution in [0.25, 0.3) is 10.8 Å². The van der Waals surface area contributed by atoms with Crippen molar-refractivity contribution in [2.75, 3.05) is 20.2 Å². The lowest BCUT2D eigenvalue weighted by Crippen LogP contribution is -2.48. The van der Waals surface area contributed by atoms with Crippen molar-refractivity contribution in [1.82, 2.24) is 15.8 Å². The fourth-order valence-electron chi connectivity index (χ4n) is 3.45. The van der Waals surface area contributed by atoms with Gasteiger partial charge in [-0.3, -0.25) is 25.2 Å². The summed E-state index contributed by atoms with van der Waals surface area (Å²) >= 11 is 0. The lowest BCUT2D eigenvalue weighted by atomic mass is 9.97.